The highest BCUT2D eigenvalue weighted by molar-refractivity contribution is 5.85. The van der Waals surface area contributed by atoms with Crippen LogP contribution < -0.4 is 11.5 Å². The van der Waals surface area contributed by atoms with Crippen molar-refractivity contribution in [2.24, 2.45) is 11.5 Å². The van der Waals surface area contributed by atoms with Gasteiger partial charge >= 0.3 is 0 Å². The molecule has 1 rings (SSSR count). The molecule has 0 radical (unpaired) electrons. The predicted molar refractivity (Wildman–Crippen MR) is 48.9 cm³/mol. The van der Waals surface area contributed by atoms with Crippen LogP contribution in [-0.2, 0) is 0 Å². The van der Waals surface area contributed by atoms with Gasteiger partial charge in [0.1, 0.15) is 0 Å². The lowest BCUT2D eigenvalue weighted by atomic mass is 9.64. The Kier molecular flexibility index (Phi) is 4.28. The fraction of sp³-hybridized carbons (Fsp3) is 1.00. The maximum atomic E-state index is 5.77. The molecular formula is C6H16Cl2N2. The third-order valence-corrected chi connectivity index (χ3v) is 2.47. The van der Waals surface area contributed by atoms with Crippen molar-refractivity contribution in [3.05, 3.63) is 0 Å². The van der Waals surface area contributed by atoms with Gasteiger partial charge in [0.15, 0.2) is 0 Å². The van der Waals surface area contributed by atoms with Crippen LogP contribution in [-0.4, -0.2) is 11.1 Å². The molecule has 2 unspecified atom stereocenters. The second-order valence-electron chi connectivity index (χ2n) is 3.33. The Hall–Kier alpha value is 0.500. The minimum Gasteiger partial charge on any atom is -0.324 e. The maximum absolute atomic E-state index is 5.77. The highest BCUT2D eigenvalue weighted by atomic mass is 35.5. The highest BCUT2D eigenvalue weighted by Gasteiger charge is 2.46. The van der Waals surface area contributed by atoms with Gasteiger partial charge in [-0.1, -0.05) is 0 Å². The van der Waals surface area contributed by atoms with Gasteiger partial charge in [-0.2, -0.15) is 0 Å². The van der Waals surface area contributed by atoms with Crippen LogP contribution in [0.2, 0.25) is 0 Å². The van der Waals surface area contributed by atoms with Gasteiger partial charge in [-0.05, 0) is 26.7 Å². The van der Waals surface area contributed by atoms with E-state index in [2.05, 4.69) is 0 Å². The minimum absolute atomic E-state index is 0. The van der Waals surface area contributed by atoms with Gasteiger partial charge in [-0.15, -0.1) is 24.8 Å². The molecule has 0 amide bonds. The zero-order chi connectivity index (χ0) is 6.41. The van der Waals surface area contributed by atoms with E-state index in [0.717, 1.165) is 12.8 Å². The molecule has 0 aliphatic heterocycles. The molecule has 1 aliphatic rings. The summed E-state index contributed by atoms with van der Waals surface area (Å²) >= 11 is 0. The molecule has 4 heteroatoms. The first-order valence-corrected chi connectivity index (χ1v) is 3.03. The van der Waals surface area contributed by atoms with Crippen LogP contribution >= 0.6 is 24.8 Å². The first kappa shape index (κ1) is 13.1. The van der Waals surface area contributed by atoms with Crippen LogP contribution in [0.25, 0.3) is 0 Å². The Bertz CT molecular complexity index is 98.3. The van der Waals surface area contributed by atoms with Crippen LogP contribution in [0.4, 0.5) is 0 Å². The van der Waals surface area contributed by atoms with Crippen LogP contribution in [0.15, 0.2) is 0 Å². The molecule has 0 aromatic carbocycles. The number of hydrogen-bond donors (Lipinski definition) is 2. The number of hydrogen-bond acceptors (Lipinski definition) is 2. The normalized spacial score (nSPS) is 44.4. The van der Waals surface area contributed by atoms with Gasteiger partial charge in [0.2, 0.25) is 0 Å². The summed E-state index contributed by atoms with van der Waals surface area (Å²) in [5.41, 5.74) is 11.3. The van der Waals surface area contributed by atoms with Crippen molar-refractivity contribution in [3.8, 4) is 0 Å². The van der Waals surface area contributed by atoms with E-state index < -0.39 is 0 Å². The van der Waals surface area contributed by atoms with E-state index in [0.29, 0.717) is 0 Å². The maximum Gasteiger partial charge on any atom is 0.0306 e. The summed E-state index contributed by atoms with van der Waals surface area (Å²) in [6.45, 7) is 4.02. The van der Waals surface area contributed by atoms with Gasteiger partial charge in [0, 0.05) is 11.1 Å². The van der Waals surface area contributed by atoms with Crippen LogP contribution in [0.5, 0.6) is 0 Å². The van der Waals surface area contributed by atoms with Gasteiger partial charge in [0.25, 0.3) is 0 Å². The van der Waals surface area contributed by atoms with Gasteiger partial charge in [-0.3, -0.25) is 0 Å². The first-order chi connectivity index (χ1) is 3.46. The third-order valence-electron chi connectivity index (χ3n) is 2.47. The van der Waals surface area contributed by atoms with Crippen molar-refractivity contribution in [2.75, 3.05) is 0 Å². The first-order valence-electron chi connectivity index (χ1n) is 3.03. The molecule has 2 nitrogen and oxygen atoms in total. The smallest absolute Gasteiger partial charge is 0.0306 e. The van der Waals surface area contributed by atoms with Gasteiger partial charge < -0.3 is 11.5 Å². The van der Waals surface area contributed by atoms with E-state index in [9.17, 15) is 0 Å². The Labute approximate surface area is 74.5 Å². The van der Waals surface area contributed by atoms with Crippen molar-refractivity contribution >= 4 is 24.8 Å². The van der Waals surface area contributed by atoms with Gasteiger partial charge in [0.05, 0.1) is 0 Å². The highest BCUT2D eigenvalue weighted by Crippen LogP contribution is 2.37. The van der Waals surface area contributed by atoms with Gasteiger partial charge in [-0.25, -0.2) is 0 Å². The van der Waals surface area contributed by atoms with E-state index >= 15 is 0 Å². The summed E-state index contributed by atoms with van der Waals surface area (Å²) in [6, 6.07) is 0. The molecule has 1 fully saturated rings. The van der Waals surface area contributed by atoms with Crippen LogP contribution in [0, 0.1) is 0 Å². The summed E-state index contributed by atoms with van der Waals surface area (Å²) in [5.74, 6) is 0. The average molecular weight is 187 g/mol. The van der Waals surface area contributed by atoms with E-state index in [1.54, 1.807) is 0 Å². The molecule has 4 N–H and O–H groups in total. The fourth-order valence-electron chi connectivity index (χ4n) is 0.914. The minimum atomic E-state index is -0.104. The van der Waals surface area contributed by atoms with Crippen molar-refractivity contribution in [1.82, 2.24) is 0 Å². The van der Waals surface area contributed by atoms with E-state index in [-0.39, 0.29) is 35.9 Å². The van der Waals surface area contributed by atoms with Crippen molar-refractivity contribution in [3.63, 3.8) is 0 Å². The summed E-state index contributed by atoms with van der Waals surface area (Å²) in [4.78, 5) is 0. The molecule has 0 bridgehead atoms. The molecule has 64 valence electrons. The largest absolute Gasteiger partial charge is 0.324 e. The number of halogens is 2. The monoisotopic (exact) mass is 186 g/mol. The Morgan fingerprint density at radius 3 is 1.10 bits per heavy atom. The fourth-order valence-corrected chi connectivity index (χ4v) is 0.914. The molecule has 0 spiro atoms. The molecule has 0 aromatic heterocycles. The predicted octanol–water partition coefficient (Wildman–Crippen LogP) is 1.06. The Morgan fingerprint density at radius 2 is 1.10 bits per heavy atom. The molecule has 0 aromatic rings. The number of rotatable bonds is 0. The summed E-state index contributed by atoms with van der Waals surface area (Å²) in [6.07, 6.45) is 2.14. The lowest BCUT2D eigenvalue weighted by molar-refractivity contribution is 0.122. The average Bonchev–Trinajstić information content (AvgIpc) is 1.64. The standard InChI is InChI=1S/C6H14N2.2ClH/c1-5(7)3-4-6(5,2)8;;/h3-4,7-8H2,1-2H3;2*1H. The second kappa shape index (κ2) is 3.26. The Morgan fingerprint density at radius 1 is 0.900 bits per heavy atom. The summed E-state index contributed by atoms with van der Waals surface area (Å²) < 4.78 is 0. The molecule has 10 heavy (non-hydrogen) atoms. The van der Waals surface area contributed by atoms with Crippen LogP contribution in [0.1, 0.15) is 26.7 Å². The zero-order valence-electron chi connectivity index (χ0n) is 6.39. The third kappa shape index (κ3) is 1.76. The molecule has 2 atom stereocenters. The van der Waals surface area contributed by atoms with E-state index in [1.807, 2.05) is 13.8 Å². The molecule has 1 saturated carbocycles. The molecular weight excluding hydrogens is 171 g/mol. The zero-order valence-corrected chi connectivity index (χ0v) is 8.02. The summed E-state index contributed by atoms with van der Waals surface area (Å²) in [7, 11) is 0. The van der Waals surface area contributed by atoms with Crippen molar-refractivity contribution in [2.45, 2.75) is 37.8 Å². The van der Waals surface area contributed by atoms with Crippen molar-refractivity contribution in [1.29, 1.82) is 0 Å². The Balaban J connectivity index is 0. The second-order valence-corrected chi connectivity index (χ2v) is 3.33. The molecule has 0 saturated heterocycles. The molecule has 0 heterocycles. The topological polar surface area (TPSA) is 52.0 Å². The lowest BCUT2D eigenvalue weighted by Gasteiger charge is -2.51. The van der Waals surface area contributed by atoms with E-state index in [1.165, 1.54) is 0 Å². The lowest BCUT2D eigenvalue weighted by Crippen LogP contribution is -2.70. The summed E-state index contributed by atoms with van der Waals surface area (Å²) in [5, 5.41) is 0. The number of nitrogens with two attached hydrogens (primary N) is 2. The molecule has 1 aliphatic carbocycles. The van der Waals surface area contributed by atoms with Crippen LogP contribution in [0.3, 0.4) is 0 Å². The quantitative estimate of drug-likeness (QED) is 0.595. The SMILES string of the molecule is CC1(N)CCC1(C)N.Cl.Cl. The van der Waals surface area contributed by atoms with Crippen molar-refractivity contribution < 1.29 is 0 Å². The van der Waals surface area contributed by atoms with E-state index in [4.69, 9.17) is 11.5 Å².